The van der Waals surface area contributed by atoms with E-state index in [0.29, 0.717) is 6.07 Å². The van der Waals surface area contributed by atoms with Gasteiger partial charge in [0.25, 0.3) is 5.91 Å². The van der Waals surface area contributed by atoms with Crippen LogP contribution in [0.3, 0.4) is 0 Å². The fourth-order valence-corrected chi connectivity index (χ4v) is 1.45. The van der Waals surface area contributed by atoms with Crippen molar-refractivity contribution in [1.82, 2.24) is 10.3 Å². The summed E-state index contributed by atoms with van der Waals surface area (Å²) in [7, 11) is 0. The lowest BCUT2D eigenvalue weighted by molar-refractivity contribution is -0.141. The average Bonchev–Trinajstić information content (AvgIpc) is 2.44. The van der Waals surface area contributed by atoms with Gasteiger partial charge in [-0.25, -0.2) is 0 Å². The first-order valence-corrected chi connectivity index (χ1v) is 5.85. The lowest BCUT2D eigenvalue weighted by Crippen LogP contribution is -2.53. The maximum atomic E-state index is 12.3. The molecule has 112 valence electrons. The molecule has 0 saturated carbocycles. The highest BCUT2D eigenvalue weighted by Gasteiger charge is 2.33. The summed E-state index contributed by atoms with van der Waals surface area (Å²) in [5.74, 6) is -0.712. The standard InChI is InChI=1S/C12H15F3N2O3/c1-2-11(6-18,7-19)17-10(20)8-3-4-9(16-5-8)12(13,14)15/h3-5,18-19H,2,6-7H2,1H3,(H,17,20). The molecule has 20 heavy (non-hydrogen) atoms. The van der Waals surface area contributed by atoms with Gasteiger partial charge < -0.3 is 15.5 Å². The molecule has 0 aliphatic heterocycles. The molecule has 0 saturated heterocycles. The van der Waals surface area contributed by atoms with Gasteiger partial charge in [0.1, 0.15) is 5.69 Å². The van der Waals surface area contributed by atoms with Gasteiger partial charge >= 0.3 is 6.18 Å². The number of aromatic nitrogens is 1. The first-order valence-electron chi connectivity index (χ1n) is 5.85. The van der Waals surface area contributed by atoms with Gasteiger partial charge in [0.15, 0.2) is 0 Å². The molecule has 0 aliphatic rings. The lowest BCUT2D eigenvalue weighted by Gasteiger charge is -2.29. The SMILES string of the molecule is CCC(CO)(CO)NC(=O)c1ccc(C(F)(F)F)nc1. The third kappa shape index (κ3) is 3.67. The molecule has 1 aromatic heterocycles. The van der Waals surface area contributed by atoms with Gasteiger partial charge in [-0.1, -0.05) is 6.92 Å². The summed E-state index contributed by atoms with van der Waals surface area (Å²) < 4.78 is 37.0. The van der Waals surface area contributed by atoms with E-state index in [2.05, 4.69) is 10.3 Å². The highest BCUT2D eigenvalue weighted by Crippen LogP contribution is 2.27. The van der Waals surface area contributed by atoms with Gasteiger partial charge in [0.05, 0.1) is 24.3 Å². The lowest BCUT2D eigenvalue weighted by atomic mass is 9.98. The van der Waals surface area contributed by atoms with E-state index < -0.39 is 36.5 Å². The number of rotatable bonds is 5. The van der Waals surface area contributed by atoms with Crippen LogP contribution in [0.15, 0.2) is 18.3 Å². The Kier molecular flexibility index (Phi) is 5.07. The molecule has 1 amide bonds. The van der Waals surface area contributed by atoms with Gasteiger partial charge in [-0.2, -0.15) is 13.2 Å². The number of amides is 1. The monoisotopic (exact) mass is 292 g/mol. The van der Waals surface area contributed by atoms with E-state index >= 15 is 0 Å². The van der Waals surface area contributed by atoms with Crippen molar-refractivity contribution in [2.24, 2.45) is 0 Å². The van der Waals surface area contributed by atoms with E-state index in [1.54, 1.807) is 6.92 Å². The Morgan fingerprint density at radius 3 is 2.25 bits per heavy atom. The number of nitrogens with zero attached hydrogens (tertiary/aromatic N) is 1. The topological polar surface area (TPSA) is 82.5 Å². The number of aliphatic hydroxyl groups excluding tert-OH is 2. The van der Waals surface area contributed by atoms with Crippen LogP contribution >= 0.6 is 0 Å². The summed E-state index contributed by atoms with van der Waals surface area (Å²) >= 11 is 0. The zero-order valence-electron chi connectivity index (χ0n) is 10.7. The molecule has 1 heterocycles. The zero-order valence-corrected chi connectivity index (χ0v) is 10.7. The van der Waals surface area contributed by atoms with Crippen molar-refractivity contribution in [1.29, 1.82) is 0 Å². The van der Waals surface area contributed by atoms with E-state index in [0.717, 1.165) is 12.3 Å². The number of carbonyl (C=O) groups excluding carboxylic acids is 1. The Bertz CT molecular complexity index is 448. The summed E-state index contributed by atoms with van der Waals surface area (Å²) in [6.07, 6.45) is -3.51. The van der Waals surface area contributed by atoms with Crippen LogP contribution in [-0.4, -0.2) is 39.9 Å². The molecule has 0 spiro atoms. The van der Waals surface area contributed by atoms with Crippen molar-refractivity contribution in [3.63, 3.8) is 0 Å². The highest BCUT2D eigenvalue weighted by atomic mass is 19.4. The minimum atomic E-state index is -4.57. The second-order valence-corrected chi connectivity index (χ2v) is 4.33. The number of hydrogen-bond donors (Lipinski definition) is 3. The van der Waals surface area contributed by atoms with Crippen LogP contribution in [0.4, 0.5) is 13.2 Å². The Morgan fingerprint density at radius 2 is 1.90 bits per heavy atom. The van der Waals surface area contributed by atoms with Crippen LogP contribution in [-0.2, 0) is 6.18 Å². The van der Waals surface area contributed by atoms with Crippen LogP contribution in [0.2, 0.25) is 0 Å². The summed E-state index contributed by atoms with van der Waals surface area (Å²) in [6.45, 7) is 0.678. The van der Waals surface area contributed by atoms with Gasteiger partial charge in [-0.05, 0) is 18.6 Å². The normalized spacial score (nSPS) is 12.3. The third-order valence-corrected chi connectivity index (χ3v) is 2.98. The second kappa shape index (κ2) is 6.19. The first-order chi connectivity index (χ1) is 9.28. The molecule has 0 unspecified atom stereocenters. The largest absolute Gasteiger partial charge is 0.433 e. The highest BCUT2D eigenvalue weighted by molar-refractivity contribution is 5.94. The smallest absolute Gasteiger partial charge is 0.394 e. The molecule has 8 heteroatoms. The van der Waals surface area contributed by atoms with Crippen LogP contribution < -0.4 is 5.32 Å². The van der Waals surface area contributed by atoms with Crippen molar-refractivity contribution < 1.29 is 28.2 Å². The van der Waals surface area contributed by atoms with Crippen molar-refractivity contribution in [2.45, 2.75) is 25.1 Å². The molecule has 3 N–H and O–H groups in total. The van der Waals surface area contributed by atoms with Crippen molar-refractivity contribution >= 4 is 5.91 Å². The van der Waals surface area contributed by atoms with Crippen molar-refractivity contribution in [3.8, 4) is 0 Å². The second-order valence-electron chi connectivity index (χ2n) is 4.33. The Labute approximate surface area is 113 Å². The molecular formula is C12H15F3N2O3. The first kappa shape index (κ1) is 16.4. The molecule has 5 nitrogen and oxygen atoms in total. The fraction of sp³-hybridized carbons (Fsp3) is 0.500. The average molecular weight is 292 g/mol. The molecule has 0 bridgehead atoms. The van der Waals surface area contributed by atoms with E-state index in [9.17, 15) is 28.2 Å². The molecule has 1 aromatic rings. The Hall–Kier alpha value is -1.67. The Balaban J connectivity index is 2.88. The summed E-state index contributed by atoms with van der Waals surface area (Å²) in [4.78, 5) is 15.0. The molecule has 0 aliphatic carbocycles. The van der Waals surface area contributed by atoms with E-state index in [1.165, 1.54) is 0 Å². The quantitative estimate of drug-likeness (QED) is 0.755. The predicted octanol–water partition coefficient (Wildman–Crippen LogP) is 0.964. The van der Waals surface area contributed by atoms with E-state index in [-0.39, 0.29) is 12.0 Å². The van der Waals surface area contributed by atoms with Crippen molar-refractivity contribution in [2.75, 3.05) is 13.2 Å². The van der Waals surface area contributed by atoms with Crippen LogP contribution in [0.1, 0.15) is 29.4 Å². The Morgan fingerprint density at radius 1 is 1.30 bits per heavy atom. The van der Waals surface area contributed by atoms with Crippen molar-refractivity contribution in [3.05, 3.63) is 29.6 Å². The maximum Gasteiger partial charge on any atom is 0.433 e. The summed E-state index contributed by atoms with van der Waals surface area (Å²) in [5, 5.41) is 20.8. The van der Waals surface area contributed by atoms with Crippen LogP contribution in [0.5, 0.6) is 0 Å². The molecule has 0 atom stereocenters. The number of halogens is 3. The van der Waals surface area contributed by atoms with E-state index in [1.807, 2.05) is 0 Å². The summed E-state index contributed by atoms with van der Waals surface area (Å²) in [6, 6.07) is 1.68. The van der Waals surface area contributed by atoms with Gasteiger partial charge in [-0.3, -0.25) is 9.78 Å². The predicted molar refractivity (Wildman–Crippen MR) is 63.9 cm³/mol. The fourth-order valence-electron chi connectivity index (χ4n) is 1.45. The number of aliphatic hydroxyl groups is 2. The zero-order chi connectivity index (χ0) is 15.4. The molecular weight excluding hydrogens is 277 g/mol. The van der Waals surface area contributed by atoms with Gasteiger partial charge in [-0.15, -0.1) is 0 Å². The molecule has 1 rings (SSSR count). The van der Waals surface area contributed by atoms with Crippen LogP contribution in [0, 0.1) is 0 Å². The third-order valence-electron chi connectivity index (χ3n) is 2.98. The number of hydrogen-bond acceptors (Lipinski definition) is 4. The molecule has 0 radical (unpaired) electrons. The number of pyridine rings is 1. The van der Waals surface area contributed by atoms with Gasteiger partial charge in [0, 0.05) is 6.20 Å². The minimum Gasteiger partial charge on any atom is -0.394 e. The molecule has 0 aromatic carbocycles. The van der Waals surface area contributed by atoms with E-state index in [4.69, 9.17) is 0 Å². The summed E-state index contributed by atoms with van der Waals surface area (Å²) in [5.41, 5.74) is -2.39. The molecule has 0 fully saturated rings. The van der Waals surface area contributed by atoms with Crippen LogP contribution in [0.25, 0.3) is 0 Å². The number of carbonyl (C=O) groups is 1. The van der Waals surface area contributed by atoms with Gasteiger partial charge in [0.2, 0.25) is 0 Å². The minimum absolute atomic E-state index is 0.0854. The number of nitrogens with one attached hydrogen (secondary N) is 1. The maximum absolute atomic E-state index is 12.3. The number of alkyl halides is 3.